The maximum absolute atomic E-state index is 5.98. The van der Waals surface area contributed by atoms with Crippen LogP contribution in [0.4, 0.5) is 0 Å². The fourth-order valence-corrected chi connectivity index (χ4v) is 1.34. The Bertz CT molecular complexity index is 268. The van der Waals surface area contributed by atoms with Gasteiger partial charge in [-0.05, 0) is 6.92 Å². The predicted octanol–water partition coefficient (Wildman–Crippen LogP) is 2.05. The molecule has 3 nitrogen and oxygen atoms in total. The number of rotatable bonds is 4. The Kier molecular flexibility index (Phi) is 3.75. The van der Waals surface area contributed by atoms with Gasteiger partial charge in [0, 0.05) is 19.1 Å². The van der Waals surface area contributed by atoms with E-state index in [4.69, 9.17) is 11.6 Å². The first-order valence-corrected chi connectivity index (χ1v) is 4.96. The van der Waals surface area contributed by atoms with Gasteiger partial charge in [-0.3, -0.25) is 4.68 Å². The molecule has 1 aromatic heterocycles. The molecule has 4 heteroatoms. The monoisotopic (exact) mass is 201 g/mol. The van der Waals surface area contributed by atoms with Crippen molar-refractivity contribution >= 4 is 11.6 Å². The van der Waals surface area contributed by atoms with E-state index in [9.17, 15) is 0 Å². The molecule has 0 radical (unpaired) electrons. The molecule has 1 heterocycles. The first-order chi connectivity index (χ1) is 6.15. The second-order valence-corrected chi connectivity index (χ2v) is 3.70. The normalized spacial score (nSPS) is 11.2. The minimum Gasteiger partial charge on any atom is -0.309 e. The minimum absolute atomic E-state index is 0.469. The Morgan fingerprint density at radius 2 is 2.31 bits per heavy atom. The fourth-order valence-electron chi connectivity index (χ4n) is 1.14. The van der Waals surface area contributed by atoms with Crippen LogP contribution in [0.2, 0.25) is 5.02 Å². The molecule has 0 bridgehead atoms. The molecule has 0 aliphatic heterocycles. The molecule has 0 aliphatic carbocycles. The largest absolute Gasteiger partial charge is 0.309 e. The van der Waals surface area contributed by atoms with Gasteiger partial charge in [0.15, 0.2) is 0 Å². The molecule has 0 saturated carbocycles. The second-order valence-electron chi connectivity index (χ2n) is 3.29. The lowest BCUT2D eigenvalue weighted by Crippen LogP contribution is -2.23. The number of hydrogen-bond acceptors (Lipinski definition) is 2. The summed E-state index contributed by atoms with van der Waals surface area (Å²) in [6.45, 7) is 7.93. The maximum atomic E-state index is 5.98. The van der Waals surface area contributed by atoms with E-state index in [1.807, 2.05) is 4.68 Å². The van der Waals surface area contributed by atoms with Crippen molar-refractivity contribution in [2.24, 2.45) is 0 Å². The molecule has 0 aliphatic rings. The number of hydrogen-bond donors (Lipinski definition) is 1. The molecule has 0 atom stereocenters. The number of aryl methyl sites for hydroxylation is 1. The highest BCUT2D eigenvalue weighted by Gasteiger charge is 2.07. The highest BCUT2D eigenvalue weighted by atomic mass is 35.5. The van der Waals surface area contributed by atoms with Gasteiger partial charge in [0.2, 0.25) is 0 Å². The number of halogens is 1. The molecule has 0 unspecified atom stereocenters. The molecule has 1 aromatic rings. The lowest BCUT2D eigenvalue weighted by molar-refractivity contribution is 0.540. The molecule has 0 fully saturated rings. The molecule has 0 saturated heterocycles. The van der Waals surface area contributed by atoms with E-state index in [0.717, 1.165) is 23.8 Å². The van der Waals surface area contributed by atoms with Crippen LogP contribution < -0.4 is 5.32 Å². The molecular weight excluding hydrogens is 186 g/mol. The van der Waals surface area contributed by atoms with Gasteiger partial charge >= 0.3 is 0 Å². The number of nitrogens with one attached hydrogen (secondary N) is 1. The van der Waals surface area contributed by atoms with Crippen molar-refractivity contribution in [3.63, 3.8) is 0 Å². The average molecular weight is 202 g/mol. The third kappa shape index (κ3) is 2.71. The Hall–Kier alpha value is -0.540. The number of nitrogens with zero attached hydrogens (tertiary/aromatic N) is 2. The van der Waals surface area contributed by atoms with E-state index in [0.29, 0.717) is 6.04 Å². The Morgan fingerprint density at radius 3 is 2.85 bits per heavy atom. The fraction of sp³-hybridized carbons (Fsp3) is 0.667. The number of aromatic nitrogens is 2. The standard InChI is InChI=1S/C9H16ClN3/c1-4-13-9(6-11-7(2)3)8(10)5-12-13/h5,7,11H,4,6H2,1-3H3. The molecule has 1 N–H and O–H groups in total. The van der Waals surface area contributed by atoms with E-state index in [-0.39, 0.29) is 0 Å². The quantitative estimate of drug-likeness (QED) is 0.808. The van der Waals surface area contributed by atoms with Gasteiger partial charge in [-0.1, -0.05) is 25.4 Å². The summed E-state index contributed by atoms with van der Waals surface area (Å²) in [5, 5.41) is 8.22. The summed E-state index contributed by atoms with van der Waals surface area (Å²) < 4.78 is 1.91. The lowest BCUT2D eigenvalue weighted by atomic mass is 10.3. The SMILES string of the molecule is CCn1ncc(Cl)c1CNC(C)C. The Morgan fingerprint density at radius 1 is 1.62 bits per heavy atom. The van der Waals surface area contributed by atoms with E-state index < -0.39 is 0 Å². The van der Waals surface area contributed by atoms with Crippen molar-refractivity contribution in [2.75, 3.05) is 0 Å². The minimum atomic E-state index is 0.469. The summed E-state index contributed by atoms with van der Waals surface area (Å²) in [4.78, 5) is 0. The summed E-state index contributed by atoms with van der Waals surface area (Å²) in [5.41, 5.74) is 1.07. The van der Waals surface area contributed by atoms with Crippen molar-refractivity contribution in [2.45, 2.75) is 39.9 Å². The Balaban J connectivity index is 2.68. The summed E-state index contributed by atoms with van der Waals surface area (Å²) in [5.74, 6) is 0. The van der Waals surface area contributed by atoms with Gasteiger partial charge in [0.25, 0.3) is 0 Å². The van der Waals surface area contributed by atoms with Crippen molar-refractivity contribution in [3.05, 3.63) is 16.9 Å². The van der Waals surface area contributed by atoms with E-state index in [1.165, 1.54) is 0 Å². The average Bonchev–Trinajstić information content (AvgIpc) is 2.43. The van der Waals surface area contributed by atoms with Crippen LogP contribution in [0, 0.1) is 0 Å². The van der Waals surface area contributed by atoms with Crippen LogP contribution in [0.1, 0.15) is 26.5 Å². The molecule has 13 heavy (non-hydrogen) atoms. The summed E-state index contributed by atoms with van der Waals surface area (Å²) >= 11 is 5.98. The van der Waals surface area contributed by atoms with Gasteiger partial charge in [-0.25, -0.2) is 0 Å². The van der Waals surface area contributed by atoms with Gasteiger partial charge in [-0.2, -0.15) is 5.10 Å². The van der Waals surface area contributed by atoms with Crippen molar-refractivity contribution < 1.29 is 0 Å². The molecule has 0 spiro atoms. The topological polar surface area (TPSA) is 29.9 Å². The van der Waals surface area contributed by atoms with Crippen LogP contribution in [0.25, 0.3) is 0 Å². The van der Waals surface area contributed by atoms with Gasteiger partial charge in [-0.15, -0.1) is 0 Å². The third-order valence-corrected chi connectivity index (χ3v) is 2.19. The molecule has 74 valence electrons. The molecule has 1 rings (SSSR count). The van der Waals surface area contributed by atoms with Crippen LogP contribution in [0.3, 0.4) is 0 Å². The Labute approximate surface area is 84.1 Å². The molecule has 0 aromatic carbocycles. The van der Waals surface area contributed by atoms with Crippen molar-refractivity contribution in [1.29, 1.82) is 0 Å². The van der Waals surface area contributed by atoms with Gasteiger partial charge in [0.1, 0.15) is 0 Å². The highest BCUT2D eigenvalue weighted by Crippen LogP contribution is 2.14. The molecular formula is C9H16ClN3. The third-order valence-electron chi connectivity index (χ3n) is 1.88. The van der Waals surface area contributed by atoms with Crippen LogP contribution in [-0.4, -0.2) is 15.8 Å². The van der Waals surface area contributed by atoms with E-state index >= 15 is 0 Å². The second kappa shape index (κ2) is 4.63. The van der Waals surface area contributed by atoms with Crippen LogP contribution >= 0.6 is 11.6 Å². The molecule has 0 amide bonds. The zero-order chi connectivity index (χ0) is 9.84. The van der Waals surface area contributed by atoms with Gasteiger partial charge < -0.3 is 5.32 Å². The lowest BCUT2D eigenvalue weighted by Gasteiger charge is -2.09. The summed E-state index contributed by atoms with van der Waals surface area (Å²) in [7, 11) is 0. The first-order valence-electron chi connectivity index (χ1n) is 4.58. The summed E-state index contributed by atoms with van der Waals surface area (Å²) in [6.07, 6.45) is 1.70. The van der Waals surface area contributed by atoms with E-state index in [2.05, 4.69) is 31.2 Å². The smallest absolute Gasteiger partial charge is 0.0831 e. The van der Waals surface area contributed by atoms with Crippen molar-refractivity contribution in [1.82, 2.24) is 15.1 Å². The zero-order valence-corrected chi connectivity index (χ0v) is 9.10. The predicted molar refractivity (Wildman–Crippen MR) is 54.9 cm³/mol. The van der Waals surface area contributed by atoms with Gasteiger partial charge in [0.05, 0.1) is 16.9 Å². The highest BCUT2D eigenvalue weighted by molar-refractivity contribution is 6.31. The van der Waals surface area contributed by atoms with Crippen LogP contribution in [0.5, 0.6) is 0 Å². The van der Waals surface area contributed by atoms with Crippen molar-refractivity contribution in [3.8, 4) is 0 Å². The zero-order valence-electron chi connectivity index (χ0n) is 8.34. The maximum Gasteiger partial charge on any atom is 0.0831 e. The van der Waals surface area contributed by atoms with E-state index in [1.54, 1.807) is 6.20 Å². The summed E-state index contributed by atoms with van der Waals surface area (Å²) in [6, 6.07) is 0.469. The van der Waals surface area contributed by atoms with Crippen LogP contribution in [0.15, 0.2) is 6.20 Å². The first kappa shape index (κ1) is 10.5. The van der Waals surface area contributed by atoms with Crippen LogP contribution in [-0.2, 0) is 13.1 Å².